The van der Waals surface area contributed by atoms with Crippen LogP contribution in [-0.4, -0.2) is 4.57 Å². The summed E-state index contributed by atoms with van der Waals surface area (Å²) < 4.78 is 24.2. The lowest BCUT2D eigenvalue weighted by molar-refractivity contribution is -0.633. The molecule has 0 radical (unpaired) electrons. The second-order valence-corrected chi connectivity index (χ2v) is 11.6. The number of aromatic nitrogens is 2. The first-order valence-corrected chi connectivity index (χ1v) is 14.8. The van der Waals surface area contributed by atoms with Crippen LogP contribution in [0.25, 0.3) is 93.9 Å². The lowest BCUT2D eigenvalue weighted by atomic mass is 10.0. The van der Waals surface area contributed by atoms with Gasteiger partial charge in [0.05, 0.1) is 7.05 Å². The number of hydrogen-bond donors (Lipinski definition) is 0. The third-order valence-corrected chi connectivity index (χ3v) is 9.22. The molecule has 0 saturated carbocycles. The maximum absolute atomic E-state index is 6.87. The minimum absolute atomic E-state index is 0.773. The van der Waals surface area contributed by atoms with Crippen LogP contribution in [0.5, 0.6) is 0 Å². The minimum atomic E-state index is 0.773. The van der Waals surface area contributed by atoms with Crippen LogP contribution in [0, 0.1) is 6.92 Å². The van der Waals surface area contributed by atoms with E-state index in [0.717, 1.165) is 99.5 Å². The van der Waals surface area contributed by atoms with Gasteiger partial charge in [-0.3, -0.25) is 0 Å². The Morgan fingerprint density at radius 2 is 1.11 bits per heavy atom. The third kappa shape index (κ3) is 3.00. The minimum Gasteiger partial charge on any atom is -0.456 e. The van der Waals surface area contributed by atoms with Crippen molar-refractivity contribution < 1.29 is 17.8 Å². The van der Waals surface area contributed by atoms with E-state index in [2.05, 4.69) is 108 Å². The zero-order valence-corrected chi connectivity index (χ0v) is 24.1. The van der Waals surface area contributed by atoms with Crippen molar-refractivity contribution in [3.63, 3.8) is 0 Å². The van der Waals surface area contributed by atoms with Gasteiger partial charge in [-0.1, -0.05) is 60.7 Å². The van der Waals surface area contributed by atoms with Gasteiger partial charge in [0.1, 0.15) is 28.0 Å². The number of hydrogen-bond acceptors (Lipinski definition) is 3. The number of imidazole rings is 1. The molecule has 0 aliphatic carbocycles. The van der Waals surface area contributed by atoms with Crippen LogP contribution in [0.3, 0.4) is 0 Å². The predicted molar refractivity (Wildman–Crippen MR) is 176 cm³/mol. The lowest BCUT2D eigenvalue weighted by Gasteiger charge is -2.07. The van der Waals surface area contributed by atoms with Gasteiger partial charge < -0.3 is 13.3 Å². The quantitative estimate of drug-likeness (QED) is 0.195. The fourth-order valence-corrected chi connectivity index (χ4v) is 7.17. The Balaban J connectivity index is 1.31. The zero-order valence-electron chi connectivity index (χ0n) is 24.1. The van der Waals surface area contributed by atoms with Crippen molar-refractivity contribution >= 4 is 76.8 Å². The van der Waals surface area contributed by atoms with E-state index in [4.69, 9.17) is 13.3 Å². The maximum atomic E-state index is 6.87. The molecule has 0 aliphatic heterocycles. The molecule has 0 spiro atoms. The molecule has 5 heteroatoms. The Morgan fingerprint density at radius 1 is 0.523 bits per heavy atom. The lowest BCUT2D eigenvalue weighted by Crippen LogP contribution is -2.30. The van der Waals surface area contributed by atoms with Crippen LogP contribution < -0.4 is 4.57 Å². The molecule has 5 nitrogen and oxygen atoms in total. The molecule has 4 aromatic heterocycles. The average Bonchev–Trinajstić information content (AvgIpc) is 3.80. The van der Waals surface area contributed by atoms with Crippen LogP contribution in [0.2, 0.25) is 0 Å². The molecule has 10 rings (SSSR count). The monoisotopic (exact) mass is 569 g/mol. The highest BCUT2D eigenvalue weighted by molar-refractivity contribution is 6.20. The topological polar surface area (TPSA) is 48.2 Å². The van der Waals surface area contributed by atoms with Crippen LogP contribution in [0.1, 0.15) is 5.56 Å². The van der Waals surface area contributed by atoms with Crippen LogP contribution in [0.4, 0.5) is 0 Å². The van der Waals surface area contributed by atoms with Crippen molar-refractivity contribution in [3.8, 4) is 17.1 Å². The fraction of sp³-hybridized carbons (Fsp3) is 0.0513. The smallest absolute Gasteiger partial charge is 0.298 e. The Morgan fingerprint density at radius 3 is 1.95 bits per heavy atom. The van der Waals surface area contributed by atoms with Gasteiger partial charge in [0.2, 0.25) is 0 Å². The van der Waals surface area contributed by atoms with Gasteiger partial charge in [0, 0.05) is 38.4 Å². The fourth-order valence-electron chi connectivity index (χ4n) is 7.17. The molecule has 6 aromatic carbocycles. The number of fused-ring (bicyclic) bond motifs is 11. The SMILES string of the molecule is Cc1ccc2c(oc3c2ccc2c4ccccc4oc23)c1-c1n(-c2ccc3c(c2)oc2ccccc23)c2ccccc2[n+]1C. The molecule has 44 heavy (non-hydrogen) atoms. The average molecular weight is 570 g/mol. The Labute approximate surface area is 250 Å². The van der Waals surface area contributed by atoms with E-state index in [1.165, 1.54) is 0 Å². The summed E-state index contributed by atoms with van der Waals surface area (Å²) in [5, 5.41) is 6.49. The summed E-state index contributed by atoms with van der Waals surface area (Å²) in [4.78, 5) is 0. The number of furan rings is 3. The van der Waals surface area contributed by atoms with Crippen molar-refractivity contribution in [2.24, 2.45) is 7.05 Å². The normalized spacial score (nSPS) is 12.3. The summed E-state index contributed by atoms with van der Waals surface area (Å²) in [6.07, 6.45) is 0. The molecule has 4 heterocycles. The Bertz CT molecular complexity index is 2810. The number of para-hydroxylation sites is 4. The van der Waals surface area contributed by atoms with Gasteiger partial charge >= 0.3 is 0 Å². The number of aryl methyl sites for hydroxylation is 2. The predicted octanol–water partition coefficient (Wildman–Crippen LogP) is 10.1. The van der Waals surface area contributed by atoms with Gasteiger partial charge in [-0.2, -0.15) is 4.57 Å². The first kappa shape index (κ1) is 23.7. The van der Waals surface area contributed by atoms with Gasteiger partial charge in [-0.05, 0) is 61.0 Å². The largest absolute Gasteiger partial charge is 0.456 e. The molecule has 0 atom stereocenters. The van der Waals surface area contributed by atoms with Gasteiger partial charge in [-0.15, -0.1) is 0 Å². The first-order chi connectivity index (χ1) is 21.7. The highest BCUT2D eigenvalue weighted by Gasteiger charge is 2.31. The second-order valence-electron chi connectivity index (χ2n) is 11.6. The zero-order chi connectivity index (χ0) is 29.1. The summed E-state index contributed by atoms with van der Waals surface area (Å²) in [5.74, 6) is 1.03. The van der Waals surface area contributed by atoms with Crippen molar-refractivity contribution in [1.29, 1.82) is 0 Å². The van der Waals surface area contributed by atoms with E-state index >= 15 is 0 Å². The van der Waals surface area contributed by atoms with Crippen molar-refractivity contribution in [2.45, 2.75) is 6.92 Å². The van der Waals surface area contributed by atoms with Crippen LogP contribution >= 0.6 is 0 Å². The van der Waals surface area contributed by atoms with E-state index in [1.807, 2.05) is 30.3 Å². The molecular formula is C39H25N2O3+. The van der Waals surface area contributed by atoms with E-state index in [9.17, 15) is 0 Å². The Kier molecular flexibility index (Phi) is 4.52. The molecule has 0 N–H and O–H groups in total. The van der Waals surface area contributed by atoms with E-state index < -0.39 is 0 Å². The van der Waals surface area contributed by atoms with E-state index in [0.29, 0.717) is 0 Å². The summed E-state index contributed by atoms with van der Waals surface area (Å²) in [6, 6.07) is 40.1. The first-order valence-electron chi connectivity index (χ1n) is 14.8. The van der Waals surface area contributed by atoms with E-state index in [1.54, 1.807) is 0 Å². The summed E-state index contributed by atoms with van der Waals surface area (Å²) in [5.41, 5.74) is 10.4. The number of rotatable bonds is 2. The molecule has 10 aromatic rings. The van der Waals surface area contributed by atoms with Crippen molar-refractivity contribution in [1.82, 2.24) is 4.57 Å². The molecule has 0 amide bonds. The second kappa shape index (κ2) is 8.39. The Hall–Kier alpha value is -5.81. The molecule has 208 valence electrons. The molecule has 0 unspecified atom stereocenters. The van der Waals surface area contributed by atoms with Gasteiger partial charge in [-0.25, -0.2) is 4.57 Å². The molecule has 0 aliphatic rings. The number of benzene rings is 6. The molecule has 0 bridgehead atoms. The highest BCUT2D eigenvalue weighted by atomic mass is 16.4. The number of nitrogens with zero attached hydrogens (tertiary/aromatic N) is 2. The summed E-state index contributed by atoms with van der Waals surface area (Å²) in [6.45, 7) is 2.16. The maximum Gasteiger partial charge on any atom is 0.298 e. The highest BCUT2D eigenvalue weighted by Crippen LogP contribution is 2.43. The molecular weight excluding hydrogens is 544 g/mol. The van der Waals surface area contributed by atoms with Gasteiger partial charge in [0.25, 0.3) is 5.82 Å². The van der Waals surface area contributed by atoms with Crippen LogP contribution in [-0.2, 0) is 7.05 Å². The van der Waals surface area contributed by atoms with Crippen molar-refractivity contribution in [2.75, 3.05) is 0 Å². The van der Waals surface area contributed by atoms with E-state index in [-0.39, 0.29) is 0 Å². The summed E-state index contributed by atoms with van der Waals surface area (Å²) >= 11 is 0. The standard InChI is InChI=1S/C39H25N2O3/c1-22-15-17-28-29-20-19-27-25-10-4-8-14-33(25)43-37(27)38(29)44-36(28)35(22)39-40(2)30-11-5-6-12-31(30)41(39)23-16-18-26-24-9-3-7-13-32(24)42-34(26)21-23/h3-21H,1-2H3/q+1. The summed E-state index contributed by atoms with van der Waals surface area (Å²) in [7, 11) is 2.13. The van der Waals surface area contributed by atoms with Gasteiger partial charge in [0.15, 0.2) is 27.8 Å². The van der Waals surface area contributed by atoms with Crippen LogP contribution in [0.15, 0.2) is 129 Å². The molecule has 0 fully saturated rings. The molecule has 0 saturated heterocycles. The third-order valence-electron chi connectivity index (χ3n) is 9.22. The van der Waals surface area contributed by atoms with Crippen molar-refractivity contribution in [3.05, 3.63) is 121 Å².